The minimum atomic E-state index is -0.223. The van der Waals surface area contributed by atoms with Gasteiger partial charge in [-0.25, -0.2) is 4.39 Å². The van der Waals surface area contributed by atoms with Gasteiger partial charge in [0, 0.05) is 17.0 Å². The van der Waals surface area contributed by atoms with E-state index in [1.807, 2.05) is 23.6 Å². The van der Waals surface area contributed by atoms with Crippen LogP contribution in [0.4, 0.5) is 4.39 Å². The summed E-state index contributed by atoms with van der Waals surface area (Å²) >= 11 is 3.20. The molecule has 2 rings (SSSR count). The maximum absolute atomic E-state index is 13.4. The third-order valence-corrected chi connectivity index (χ3v) is 4.13. The van der Waals surface area contributed by atoms with E-state index in [1.165, 1.54) is 6.07 Å². The van der Waals surface area contributed by atoms with Crippen LogP contribution in [0.5, 0.6) is 0 Å². The largest absolute Gasteiger partial charge is 0.326 e. The van der Waals surface area contributed by atoms with Gasteiger partial charge in [0.05, 0.1) is 4.21 Å². The van der Waals surface area contributed by atoms with Gasteiger partial charge < -0.3 is 5.73 Å². The second-order valence-electron chi connectivity index (χ2n) is 2.95. The van der Waals surface area contributed by atoms with Crippen molar-refractivity contribution in [3.05, 3.63) is 47.1 Å². The summed E-state index contributed by atoms with van der Waals surface area (Å²) in [5.74, 6) is -0.223. The van der Waals surface area contributed by atoms with Crippen LogP contribution < -0.4 is 5.73 Å². The summed E-state index contributed by atoms with van der Waals surface area (Å²) in [5.41, 5.74) is 6.12. The zero-order valence-corrected chi connectivity index (χ0v) is 9.58. The summed E-state index contributed by atoms with van der Waals surface area (Å²) in [7, 11) is 0. The molecule has 0 saturated carbocycles. The second-order valence-corrected chi connectivity index (χ2v) is 5.24. The molecule has 0 fully saturated rings. The van der Waals surface area contributed by atoms with Crippen LogP contribution in [0.3, 0.4) is 0 Å². The van der Waals surface area contributed by atoms with E-state index < -0.39 is 0 Å². The van der Waals surface area contributed by atoms with Gasteiger partial charge in [0.15, 0.2) is 0 Å². The van der Waals surface area contributed by atoms with Gasteiger partial charge in [0.2, 0.25) is 0 Å². The molecule has 1 heterocycles. The summed E-state index contributed by atoms with van der Waals surface area (Å²) in [6.45, 7) is 0.236. The van der Waals surface area contributed by atoms with Gasteiger partial charge in [0.1, 0.15) is 5.82 Å². The average molecular weight is 239 g/mol. The van der Waals surface area contributed by atoms with Crippen LogP contribution in [0.15, 0.2) is 44.8 Å². The minimum Gasteiger partial charge on any atom is -0.326 e. The van der Waals surface area contributed by atoms with Gasteiger partial charge >= 0.3 is 0 Å². The first-order chi connectivity index (χ1) is 7.31. The average Bonchev–Trinajstić information content (AvgIpc) is 2.71. The van der Waals surface area contributed by atoms with Crippen LogP contribution >= 0.6 is 23.1 Å². The Kier molecular flexibility index (Phi) is 3.41. The first-order valence-corrected chi connectivity index (χ1v) is 6.19. The van der Waals surface area contributed by atoms with Crippen LogP contribution in [0.25, 0.3) is 0 Å². The molecule has 1 nitrogen and oxygen atoms in total. The van der Waals surface area contributed by atoms with Gasteiger partial charge in [0.25, 0.3) is 0 Å². The van der Waals surface area contributed by atoms with Crippen LogP contribution in [0, 0.1) is 5.82 Å². The number of halogens is 1. The predicted molar refractivity (Wildman–Crippen MR) is 62.7 cm³/mol. The summed E-state index contributed by atoms with van der Waals surface area (Å²) in [4.78, 5) is 0.903. The van der Waals surface area contributed by atoms with E-state index in [1.54, 1.807) is 29.2 Å². The normalized spacial score (nSPS) is 10.5. The van der Waals surface area contributed by atoms with Crippen molar-refractivity contribution in [2.24, 2.45) is 5.73 Å². The molecule has 2 N–H and O–H groups in total. The molecule has 0 unspecified atom stereocenters. The van der Waals surface area contributed by atoms with E-state index in [-0.39, 0.29) is 12.4 Å². The summed E-state index contributed by atoms with van der Waals surface area (Å²) in [6.07, 6.45) is 0. The van der Waals surface area contributed by atoms with Gasteiger partial charge in [-0.05, 0) is 23.6 Å². The van der Waals surface area contributed by atoms with E-state index in [9.17, 15) is 4.39 Å². The van der Waals surface area contributed by atoms with E-state index in [0.717, 1.165) is 9.10 Å². The lowest BCUT2D eigenvalue weighted by Gasteiger charge is -2.06. The van der Waals surface area contributed by atoms with Crippen molar-refractivity contribution in [1.29, 1.82) is 0 Å². The molecule has 0 saturated heterocycles. The van der Waals surface area contributed by atoms with E-state index >= 15 is 0 Å². The molecule has 0 bridgehead atoms. The minimum absolute atomic E-state index is 0.223. The molecule has 0 amide bonds. The van der Waals surface area contributed by atoms with Crippen molar-refractivity contribution < 1.29 is 4.39 Å². The van der Waals surface area contributed by atoms with Crippen molar-refractivity contribution in [3.8, 4) is 0 Å². The fraction of sp³-hybridized carbons (Fsp3) is 0.0909. The Morgan fingerprint density at radius 2 is 2.13 bits per heavy atom. The second kappa shape index (κ2) is 4.79. The molecule has 0 aliphatic carbocycles. The van der Waals surface area contributed by atoms with E-state index in [2.05, 4.69) is 0 Å². The monoisotopic (exact) mass is 239 g/mol. The van der Waals surface area contributed by atoms with Crippen LogP contribution in [0.2, 0.25) is 0 Å². The Labute approximate surface area is 96.1 Å². The molecular formula is C11H10FNS2. The van der Waals surface area contributed by atoms with E-state index in [4.69, 9.17) is 5.73 Å². The first kappa shape index (κ1) is 10.7. The molecule has 0 spiro atoms. The highest BCUT2D eigenvalue weighted by Gasteiger charge is 2.08. The molecule has 1 aromatic heterocycles. The van der Waals surface area contributed by atoms with Gasteiger partial charge in [-0.15, -0.1) is 11.3 Å². The van der Waals surface area contributed by atoms with E-state index in [0.29, 0.717) is 5.56 Å². The number of rotatable bonds is 3. The smallest absolute Gasteiger partial charge is 0.128 e. The summed E-state index contributed by atoms with van der Waals surface area (Å²) in [5, 5.41) is 2.00. The number of nitrogens with two attached hydrogens (primary N) is 1. The zero-order valence-electron chi connectivity index (χ0n) is 7.94. The Hall–Kier alpha value is -0.840. The highest BCUT2D eigenvalue weighted by molar-refractivity contribution is 8.01. The maximum Gasteiger partial charge on any atom is 0.128 e. The standard InChI is InChI=1S/C11H10FNS2/c12-9-3-1-4-10(8(9)7-13)15-11-5-2-6-14-11/h1-6H,7,13H2. The van der Waals surface area contributed by atoms with Crippen LogP contribution in [-0.4, -0.2) is 0 Å². The molecule has 0 atom stereocenters. The van der Waals surface area contributed by atoms with Crippen LogP contribution in [-0.2, 0) is 6.54 Å². The van der Waals surface area contributed by atoms with Crippen LogP contribution in [0.1, 0.15) is 5.56 Å². The fourth-order valence-corrected chi connectivity index (χ4v) is 3.15. The van der Waals surface area contributed by atoms with Crippen molar-refractivity contribution in [1.82, 2.24) is 0 Å². The molecule has 4 heteroatoms. The summed E-state index contributed by atoms with van der Waals surface area (Å²) < 4.78 is 14.5. The quantitative estimate of drug-likeness (QED) is 0.887. The topological polar surface area (TPSA) is 26.0 Å². The van der Waals surface area contributed by atoms with Crippen molar-refractivity contribution in [2.45, 2.75) is 15.6 Å². The molecule has 1 aromatic carbocycles. The summed E-state index contributed by atoms with van der Waals surface area (Å²) in [6, 6.07) is 9.05. The lowest BCUT2D eigenvalue weighted by atomic mass is 10.2. The Morgan fingerprint density at radius 1 is 1.27 bits per heavy atom. The Morgan fingerprint density at radius 3 is 2.80 bits per heavy atom. The van der Waals surface area contributed by atoms with Crippen molar-refractivity contribution in [3.63, 3.8) is 0 Å². The highest BCUT2D eigenvalue weighted by Crippen LogP contribution is 2.34. The van der Waals surface area contributed by atoms with Crippen molar-refractivity contribution >= 4 is 23.1 Å². The lowest BCUT2D eigenvalue weighted by Crippen LogP contribution is -2.01. The zero-order chi connectivity index (χ0) is 10.7. The van der Waals surface area contributed by atoms with Gasteiger partial charge in [-0.3, -0.25) is 0 Å². The molecule has 15 heavy (non-hydrogen) atoms. The molecule has 2 aromatic rings. The third kappa shape index (κ3) is 2.40. The molecule has 78 valence electrons. The predicted octanol–water partition coefficient (Wildman–Crippen LogP) is 3.50. The lowest BCUT2D eigenvalue weighted by molar-refractivity contribution is 0.604. The van der Waals surface area contributed by atoms with Gasteiger partial charge in [-0.1, -0.05) is 23.9 Å². The number of hydrogen-bond acceptors (Lipinski definition) is 3. The Balaban J connectivity index is 2.32. The fourth-order valence-electron chi connectivity index (χ4n) is 1.26. The number of thiophene rings is 1. The number of benzene rings is 1. The van der Waals surface area contributed by atoms with Gasteiger partial charge in [-0.2, -0.15) is 0 Å². The first-order valence-electron chi connectivity index (χ1n) is 4.50. The molecule has 0 aliphatic heterocycles. The third-order valence-electron chi connectivity index (χ3n) is 1.99. The van der Waals surface area contributed by atoms with Crippen molar-refractivity contribution in [2.75, 3.05) is 0 Å². The molecule has 0 aliphatic rings. The SMILES string of the molecule is NCc1c(F)cccc1Sc1cccs1. The Bertz CT molecular complexity index is 440. The number of hydrogen-bond donors (Lipinski definition) is 1. The molecular weight excluding hydrogens is 229 g/mol. The highest BCUT2D eigenvalue weighted by atomic mass is 32.2. The molecule has 0 radical (unpaired) electrons. The maximum atomic E-state index is 13.4.